The molecule has 6 nitrogen and oxygen atoms in total. The molecule has 0 radical (unpaired) electrons. The second-order valence-electron chi connectivity index (χ2n) is 9.08. The molecule has 3 aliphatic rings. The quantitative estimate of drug-likeness (QED) is 0.746. The van der Waals surface area contributed by atoms with Crippen LogP contribution in [0.15, 0.2) is 18.2 Å². The van der Waals surface area contributed by atoms with E-state index < -0.39 is 0 Å². The zero-order chi connectivity index (χ0) is 19.1. The number of aromatic nitrogens is 2. The fraction of sp³-hybridized carbons (Fsp3) is 0.636. The van der Waals surface area contributed by atoms with Gasteiger partial charge in [-0.1, -0.05) is 12.1 Å². The maximum absolute atomic E-state index is 13.1. The Hall–Kier alpha value is -1.92. The van der Waals surface area contributed by atoms with Gasteiger partial charge in [-0.25, -0.2) is 4.98 Å². The van der Waals surface area contributed by atoms with E-state index in [1.54, 1.807) is 0 Å². The van der Waals surface area contributed by atoms with Crippen molar-refractivity contribution >= 4 is 16.9 Å². The van der Waals surface area contributed by atoms with E-state index in [-0.39, 0.29) is 6.04 Å². The molecule has 0 saturated carbocycles. The average Bonchev–Trinajstić information content (AvgIpc) is 3.34. The number of hydrogen-bond acceptors (Lipinski definition) is 4. The summed E-state index contributed by atoms with van der Waals surface area (Å²) < 4.78 is 0. The van der Waals surface area contributed by atoms with E-state index in [0.29, 0.717) is 17.2 Å². The van der Waals surface area contributed by atoms with Crippen LogP contribution >= 0.6 is 0 Å². The highest BCUT2D eigenvalue weighted by molar-refractivity contribution is 5.82. The molecule has 3 aliphatic heterocycles. The van der Waals surface area contributed by atoms with Crippen molar-refractivity contribution in [3.8, 4) is 0 Å². The summed E-state index contributed by atoms with van der Waals surface area (Å²) in [6, 6.07) is 6.30. The Morgan fingerprint density at radius 1 is 1.21 bits per heavy atom. The lowest BCUT2D eigenvalue weighted by atomic mass is 9.77. The third-order valence-corrected chi connectivity index (χ3v) is 7.25. The Bertz CT molecular complexity index is 861. The van der Waals surface area contributed by atoms with E-state index in [2.05, 4.69) is 45.6 Å². The van der Waals surface area contributed by atoms with Crippen LogP contribution in [-0.4, -0.2) is 59.5 Å². The smallest absolute Gasteiger partial charge is 0.239 e. The van der Waals surface area contributed by atoms with Gasteiger partial charge in [-0.15, -0.1) is 0 Å². The lowest BCUT2D eigenvalue weighted by Crippen LogP contribution is -2.46. The maximum atomic E-state index is 13.1. The van der Waals surface area contributed by atoms with Crippen molar-refractivity contribution in [3.05, 3.63) is 29.6 Å². The zero-order valence-corrected chi connectivity index (χ0v) is 16.8. The minimum atomic E-state index is 0.0171. The molecule has 5 rings (SSSR count). The Morgan fingerprint density at radius 2 is 2.00 bits per heavy atom. The molecule has 1 amide bonds. The predicted octanol–water partition coefficient (Wildman–Crippen LogP) is 2.31. The normalized spacial score (nSPS) is 25.6. The number of imidazole rings is 1. The van der Waals surface area contributed by atoms with Crippen LogP contribution in [0, 0.1) is 12.3 Å². The first-order valence-corrected chi connectivity index (χ1v) is 10.8. The largest absolute Gasteiger partial charge is 0.342 e. The van der Waals surface area contributed by atoms with Crippen molar-refractivity contribution < 1.29 is 4.79 Å². The number of aromatic amines is 1. The van der Waals surface area contributed by atoms with Gasteiger partial charge in [0.15, 0.2) is 0 Å². The van der Waals surface area contributed by atoms with E-state index >= 15 is 0 Å². The summed E-state index contributed by atoms with van der Waals surface area (Å²) in [5, 5.41) is 6.99. The molecule has 1 aromatic heterocycles. The molecule has 6 heteroatoms. The molecule has 1 spiro atoms. The van der Waals surface area contributed by atoms with Crippen LogP contribution in [0.2, 0.25) is 0 Å². The summed E-state index contributed by atoms with van der Waals surface area (Å²) in [5.74, 6) is 1.82. The number of amides is 1. The number of fused-ring (bicyclic) bond motifs is 1. The van der Waals surface area contributed by atoms with E-state index in [1.165, 1.54) is 18.4 Å². The van der Waals surface area contributed by atoms with Gasteiger partial charge in [-0.3, -0.25) is 4.79 Å². The third-order valence-electron chi connectivity index (χ3n) is 7.25. The molecular formula is C22H31N5O. The van der Waals surface area contributed by atoms with Gasteiger partial charge in [0.05, 0.1) is 17.1 Å². The van der Waals surface area contributed by atoms with Gasteiger partial charge in [0.2, 0.25) is 5.91 Å². The molecule has 2 aromatic rings. The number of carbonyl (C=O) groups excluding carboxylic acids is 1. The summed E-state index contributed by atoms with van der Waals surface area (Å²) >= 11 is 0. The highest BCUT2D eigenvalue weighted by atomic mass is 16.2. The first-order chi connectivity index (χ1) is 13.6. The highest BCUT2D eigenvalue weighted by Gasteiger charge is 2.43. The van der Waals surface area contributed by atoms with Gasteiger partial charge in [-0.05, 0) is 69.2 Å². The number of para-hydroxylation sites is 1. The molecule has 28 heavy (non-hydrogen) atoms. The summed E-state index contributed by atoms with van der Waals surface area (Å²) in [5.41, 5.74) is 3.76. The minimum absolute atomic E-state index is 0.0171. The van der Waals surface area contributed by atoms with Gasteiger partial charge >= 0.3 is 0 Å². The molecular weight excluding hydrogens is 350 g/mol. The highest BCUT2D eigenvalue weighted by Crippen LogP contribution is 2.38. The van der Waals surface area contributed by atoms with E-state index in [1.807, 2.05) is 0 Å². The summed E-state index contributed by atoms with van der Waals surface area (Å²) in [4.78, 5) is 23.5. The number of aryl methyl sites for hydroxylation is 1. The lowest BCUT2D eigenvalue weighted by Gasteiger charge is -2.34. The average molecular weight is 382 g/mol. The third kappa shape index (κ3) is 3.22. The number of benzene rings is 1. The SMILES string of the molecule is Cc1cccc2[nH]c(C3CCN(C(=O)[C@H]4CC5(CCNCC5)CN4)CC3)nc12. The van der Waals surface area contributed by atoms with E-state index in [9.17, 15) is 4.79 Å². The van der Waals surface area contributed by atoms with Gasteiger partial charge in [0.1, 0.15) is 5.82 Å². The maximum Gasteiger partial charge on any atom is 0.239 e. The molecule has 0 bridgehead atoms. The Labute approximate surface area is 166 Å². The topological polar surface area (TPSA) is 73.1 Å². The van der Waals surface area contributed by atoms with Crippen LogP contribution in [0.25, 0.3) is 11.0 Å². The second kappa shape index (κ2) is 7.16. The minimum Gasteiger partial charge on any atom is -0.342 e. The number of carbonyl (C=O) groups is 1. The number of rotatable bonds is 2. The predicted molar refractivity (Wildman–Crippen MR) is 110 cm³/mol. The molecule has 150 valence electrons. The number of likely N-dealkylation sites (tertiary alicyclic amines) is 1. The van der Waals surface area contributed by atoms with Gasteiger partial charge in [0.25, 0.3) is 0 Å². The first-order valence-electron chi connectivity index (χ1n) is 10.8. The molecule has 0 aliphatic carbocycles. The van der Waals surface area contributed by atoms with Crippen LogP contribution in [-0.2, 0) is 4.79 Å². The van der Waals surface area contributed by atoms with Crippen molar-refractivity contribution in [1.82, 2.24) is 25.5 Å². The standard InChI is InChI=1S/C22H31N5O/c1-15-3-2-4-17-19(15)26-20(25-17)16-5-11-27(12-6-16)21(28)18-13-22(14-24-18)7-9-23-10-8-22/h2-4,16,18,23-24H,5-14H2,1H3,(H,25,26)/t18-/m1/s1. The number of H-pyrrole nitrogens is 1. The van der Waals surface area contributed by atoms with Crippen LogP contribution in [0.5, 0.6) is 0 Å². The summed E-state index contributed by atoms with van der Waals surface area (Å²) in [6.45, 7) is 6.96. The van der Waals surface area contributed by atoms with Crippen LogP contribution < -0.4 is 10.6 Å². The molecule has 4 heterocycles. The fourth-order valence-electron chi connectivity index (χ4n) is 5.41. The van der Waals surface area contributed by atoms with Gasteiger partial charge in [0, 0.05) is 25.6 Å². The zero-order valence-electron chi connectivity index (χ0n) is 16.8. The van der Waals surface area contributed by atoms with Crippen molar-refractivity contribution in [1.29, 1.82) is 0 Å². The van der Waals surface area contributed by atoms with Crippen molar-refractivity contribution in [2.24, 2.45) is 5.41 Å². The fourth-order valence-corrected chi connectivity index (χ4v) is 5.41. The molecule has 1 aromatic carbocycles. The van der Waals surface area contributed by atoms with Crippen molar-refractivity contribution in [2.45, 2.75) is 51.0 Å². The molecule has 3 saturated heterocycles. The van der Waals surface area contributed by atoms with E-state index in [4.69, 9.17) is 4.98 Å². The number of piperidine rings is 2. The Balaban J connectivity index is 1.21. The van der Waals surface area contributed by atoms with Crippen LogP contribution in [0.4, 0.5) is 0 Å². The molecule has 1 atom stereocenters. The first kappa shape index (κ1) is 18.1. The lowest BCUT2D eigenvalue weighted by molar-refractivity contribution is -0.134. The Morgan fingerprint density at radius 3 is 2.75 bits per heavy atom. The molecule has 0 unspecified atom stereocenters. The van der Waals surface area contributed by atoms with Crippen molar-refractivity contribution in [3.63, 3.8) is 0 Å². The number of nitrogens with zero attached hydrogens (tertiary/aromatic N) is 2. The van der Waals surface area contributed by atoms with E-state index in [0.717, 1.165) is 68.8 Å². The molecule has 3 fully saturated rings. The number of hydrogen-bond donors (Lipinski definition) is 3. The molecule has 3 N–H and O–H groups in total. The van der Waals surface area contributed by atoms with Crippen LogP contribution in [0.1, 0.15) is 49.4 Å². The van der Waals surface area contributed by atoms with Crippen LogP contribution in [0.3, 0.4) is 0 Å². The second-order valence-corrected chi connectivity index (χ2v) is 9.08. The summed E-state index contributed by atoms with van der Waals surface area (Å²) in [7, 11) is 0. The van der Waals surface area contributed by atoms with Gasteiger partial charge in [-0.2, -0.15) is 0 Å². The Kier molecular flexibility index (Phi) is 4.63. The number of nitrogens with one attached hydrogen (secondary N) is 3. The summed E-state index contributed by atoms with van der Waals surface area (Å²) in [6.07, 6.45) is 5.38. The van der Waals surface area contributed by atoms with Crippen molar-refractivity contribution in [2.75, 3.05) is 32.7 Å². The van der Waals surface area contributed by atoms with Gasteiger partial charge < -0.3 is 20.5 Å². The monoisotopic (exact) mass is 381 g/mol.